The molecule has 4 aromatic rings. The lowest BCUT2D eigenvalue weighted by molar-refractivity contribution is 0.292. The number of nitrogens with zero attached hydrogens (tertiary/aromatic N) is 5. The van der Waals surface area contributed by atoms with Gasteiger partial charge in [-0.15, -0.1) is 6.42 Å². The molecule has 0 aliphatic carbocycles. The molecule has 0 bridgehead atoms. The Kier molecular flexibility index (Phi) is 7.48. The van der Waals surface area contributed by atoms with Crippen LogP contribution in [0, 0.1) is 12.3 Å². The summed E-state index contributed by atoms with van der Waals surface area (Å²) in [5.41, 5.74) is 2.79. The number of fused-ring (bicyclic) bond motifs is 1. The van der Waals surface area contributed by atoms with Crippen molar-refractivity contribution in [3.63, 3.8) is 0 Å². The van der Waals surface area contributed by atoms with Gasteiger partial charge in [-0.05, 0) is 50.3 Å². The highest BCUT2D eigenvalue weighted by Gasteiger charge is 2.15. The van der Waals surface area contributed by atoms with Crippen LogP contribution in [0.5, 0.6) is 5.75 Å². The highest BCUT2D eigenvalue weighted by atomic mass is 16.5. The number of terminal acetylenes is 1. The molecule has 0 radical (unpaired) electrons. The lowest BCUT2D eigenvalue weighted by atomic mass is 10.1. The number of hydrogen-bond acceptors (Lipinski definition) is 6. The molecule has 8 heteroatoms. The van der Waals surface area contributed by atoms with E-state index in [-0.39, 0.29) is 5.69 Å². The summed E-state index contributed by atoms with van der Waals surface area (Å²) in [4.78, 5) is 24.4. The van der Waals surface area contributed by atoms with Gasteiger partial charge < -0.3 is 15.0 Å². The molecule has 0 fully saturated rings. The largest absolute Gasteiger partial charge is 0.494 e. The first kappa shape index (κ1) is 24.0. The minimum Gasteiger partial charge on any atom is -0.494 e. The van der Waals surface area contributed by atoms with Gasteiger partial charge in [-0.25, -0.2) is 14.8 Å². The van der Waals surface area contributed by atoms with Crippen molar-refractivity contribution < 1.29 is 4.74 Å². The number of aromatic nitrogens is 4. The van der Waals surface area contributed by atoms with Crippen LogP contribution in [0.3, 0.4) is 0 Å². The van der Waals surface area contributed by atoms with Crippen LogP contribution in [-0.2, 0) is 6.54 Å². The fourth-order valence-corrected chi connectivity index (χ4v) is 4.12. The first-order chi connectivity index (χ1) is 17.1. The maximum absolute atomic E-state index is 13.2. The average molecular weight is 471 g/mol. The van der Waals surface area contributed by atoms with Gasteiger partial charge >= 0.3 is 5.69 Å². The molecule has 0 atom stereocenters. The molecule has 8 nitrogen and oxygen atoms in total. The van der Waals surface area contributed by atoms with E-state index in [0.29, 0.717) is 29.3 Å². The van der Waals surface area contributed by atoms with Crippen LogP contribution >= 0.6 is 0 Å². The van der Waals surface area contributed by atoms with Gasteiger partial charge in [-0.1, -0.05) is 25.8 Å². The van der Waals surface area contributed by atoms with Gasteiger partial charge in [-0.3, -0.25) is 9.13 Å². The molecule has 4 rings (SSSR count). The summed E-state index contributed by atoms with van der Waals surface area (Å²) < 4.78 is 8.96. The second kappa shape index (κ2) is 10.9. The van der Waals surface area contributed by atoms with Crippen molar-refractivity contribution in [2.24, 2.45) is 0 Å². The molecule has 0 saturated carbocycles. The molecule has 1 N–H and O–H groups in total. The van der Waals surface area contributed by atoms with Gasteiger partial charge in [0.15, 0.2) is 0 Å². The molecular weight excluding hydrogens is 440 g/mol. The average Bonchev–Trinajstić information content (AvgIpc) is 3.26. The van der Waals surface area contributed by atoms with Crippen LogP contribution in [-0.4, -0.2) is 50.7 Å². The van der Waals surface area contributed by atoms with Crippen LogP contribution in [0.4, 0.5) is 11.5 Å². The Labute approximate surface area is 205 Å². The summed E-state index contributed by atoms with van der Waals surface area (Å²) in [7, 11) is 1.59. The number of methoxy groups -OCH3 is 1. The van der Waals surface area contributed by atoms with Crippen molar-refractivity contribution in [2.45, 2.75) is 26.8 Å². The summed E-state index contributed by atoms with van der Waals surface area (Å²) in [5, 5.41) is 4.08. The molecule has 0 saturated heterocycles. The number of anilines is 2. The Hall–Kier alpha value is -4.09. The highest BCUT2D eigenvalue weighted by molar-refractivity contribution is 5.93. The normalized spacial score (nSPS) is 11.1. The molecule has 35 heavy (non-hydrogen) atoms. The maximum Gasteiger partial charge on any atom is 0.332 e. The molecule has 2 aromatic carbocycles. The Balaban J connectivity index is 1.69. The Bertz CT molecular complexity index is 1410. The van der Waals surface area contributed by atoms with Crippen molar-refractivity contribution in [3.05, 3.63) is 71.2 Å². The van der Waals surface area contributed by atoms with Crippen molar-refractivity contribution in [2.75, 3.05) is 32.1 Å². The van der Waals surface area contributed by atoms with Crippen LogP contribution in [0.25, 0.3) is 16.6 Å². The van der Waals surface area contributed by atoms with Crippen LogP contribution in [0.1, 0.15) is 25.8 Å². The summed E-state index contributed by atoms with van der Waals surface area (Å²) in [6, 6.07) is 11.2. The number of nitrogens with one attached hydrogen (secondary N) is 1. The van der Waals surface area contributed by atoms with E-state index in [0.717, 1.165) is 42.7 Å². The third-order valence-corrected chi connectivity index (χ3v) is 6.10. The van der Waals surface area contributed by atoms with E-state index in [1.807, 2.05) is 42.6 Å². The van der Waals surface area contributed by atoms with E-state index in [9.17, 15) is 4.79 Å². The molecule has 0 amide bonds. The van der Waals surface area contributed by atoms with E-state index < -0.39 is 0 Å². The second-order valence-electron chi connectivity index (χ2n) is 8.14. The van der Waals surface area contributed by atoms with Crippen LogP contribution in [0.2, 0.25) is 0 Å². The summed E-state index contributed by atoms with van der Waals surface area (Å²) >= 11 is 0. The van der Waals surface area contributed by atoms with Gasteiger partial charge in [0, 0.05) is 41.6 Å². The van der Waals surface area contributed by atoms with Crippen molar-refractivity contribution >= 4 is 22.4 Å². The molecule has 180 valence electrons. The molecule has 0 aliphatic heterocycles. The predicted octanol–water partition coefficient (Wildman–Crippen LogP) is 4.05. The fourth-order valence-electron chi connectivity index (χ4n) is 4.12. The number of aryl methyl sites for hydroxylation is 1. The van der Waals surface area contributed by atoms with Crippen molar-refractivity contribution in [3.8, 4) is 23.8 Å². The van der Waals surface area contributed by atoms with Crippen LogP contribution in [0.15, 0.2) is 59.9 Å². The number of ether oxygens (including phenoxy) is 1. The lowest BCUT2D eigenvalue weighted by Crippen LogP contribution is -2.27. The summed E-state index contributed by atoms with van der Waals surface area (Å²) in [6.45, 7) is 7.92. The topological polar surface area (TPSA) is 77.2 Å². The van der Waals surface area contributed by atoms with Gasteiger partial charge in [0.2, 0.25) is 0 Å². The summed E-state index contributed by atoms with van der Waals surface area (Å²) in [6.07, 6.45) is 11.5. The Morgan fingerprint density at radius 1 is 1.14 bits per heavy atom. The minimum atomic E-state index is -0.115. The first-order valence-electron chi connectivity index (χ1n) is 11.7. The Morgan fingerprint density at radius 2 is 1.97 bits per heavy atom. The monoisotopic (exact) mass is 470 g/mol. The first-order valence-corrected chi connectivity index (χ1v) is 11.7. The van der Waals surface area contributed by atoms with E-state index in [2.05, 4.69) is 40.0 Å². The minimum absolute atomic E-state index is 0.115. The number of hydrogen-bond donors (Lipinski definition) is 1. The number of benzene rings is 2. The smallest absolute Gasteiger partial charge is 0.332 e. The van der Waals surface area contributed by atoms with Gasteiger partial charge in [0.1, 0.15) is 17.9 Å². The van der Waals surface area contributed by atoms with Crippen molar-refractivity contribution in [1.82, 2.24) is 24.0 Å². The Morgan fingerprint density at radius 3 is 2.71 bits per heavy atom. The molecule has 0 spiro atoms. The third-order valence-electron chi connectivity index (χ3n) is 6.10. The lowest BCUT2D eigenvalue weighted by Gasteiger charge is -2.17. The number of rotatable bonds is 10. The SMILES string of the molecule is C#Cc1cccc(Nc2ncnc3cc(OC)c(-n4ccn(CCCN(CC)CC)c4=O)cc23)c1. The highest BCUT2D eigenvalue weighted by Crippen LogP contribution is 2.31. The predicted molar refractivity (Wildman–Crippen MR) is 140 cm³/mol. The van der Waals surface area contributed by atoms with Gasteiger partial charge in [0.25, 0.3) is 0 Å². The summed E-state index contributed by atoms with van der Waals surface area (Å²) in [5.74, 6) is 3.81. The molecular formula is C27H30N6O2. The molecule has 0 aliphatic rings. The van der Waals surface area contributed by atoms with Gasteiger partial charge in [0.05, 0.1) is 18.3 Å². The zero-order valence-corrected chi connectivity index (χ0v) is 20.4. The fraction of sp³-hybridized carbons (Fsp3) is 0.296. The van der Waals surface area contributed by atoms with E-state index in [1.165, 1.54) is 6.33 Å². The zero-order chi connectivity index (χ0) is 24.8. The standard InChI is InChI=1S/C27H30N6O2/c1-5-20-10-8-11-21(16-20)30-26-22-17-24(25(35-4)18-23(22)28-19-29-26)33-15-14-32(27(33)34)13-9-12-31(6-2)7-3/h1,8,10-11,14-19H,6-7,9,12-13H2,2-4H3,(H,28,29,30). The zero-order valence-electron chi connectivity index (χ0n) is 20.4. The second-order valence-corrected chi connectivity index (χ2v) is 8.14. The van der Waals surface area contributed by atoms with E-state index >= 15 is 0 Å². The molecule has 0 unspecified atom stereocenters. The van der Waals surface area contributed by atoms with Crippen molar-refractivity contribution in [1.29, 1.82) is 0 Å². The maximum atomic E-state index is 13.2. The van der Waals surface area contributed by atoms with E-state index in [4.69, 9.17) is 11.2 Å². The van der Waals surface area contributed by atoms with Gasteiger partial charge in [-0.2, -0.15) is 0 Å². The quantitative estimate of drug-likeness (QED) is 0.353. The molecule has 2 aromatic heterocycles. The third kappa shape index (κ3) is 5.20. The molecule has 2 heterocycles. The van der Waals surface area contributed by atoms with E-state index in [1.54, 1.807) is 22.4 Å². The number of imidazole rings is 1. The van der Waals surface area contributed by atoms with Crippen LogP contribution < -0.4 is 15.7 Å².